The number of ether oxygens (including phenoxy) is 1. The zero-order valence-corrected chi connectivity index (χ0v) is 13.8. The summed E-state index contributed by atoms with van der Waals surface area (Å²) in [4.78, 5) is 11.4. The number of thiophene rings is 1. The van der Waals surface area contributed by atoms with Crippen LogP contribution < -0.4 is 4.72 Å². The normalized spacial score (nSPS) is 14.7. The summed E-state index contributed by atoms with van der Waals surface area (Å²) < 4.78 is 105. The first-order chi connectivity index (χ1) is 10.7. The fourth-order valence-corrected chi connectivity index (χ4v) is 4.31. The van der Waals surface area contributed by atoms with Crippen molar-refractivity contribution in [3.8, 4) is 0 Å². The lowest BCUT2D eigenvalue weighted by molar-refractivity contribution is -0.290. The Kier molecular flexibility index (Phi) is 6.17. The van der Waals surface area contributed by atoms with Gasteiger partial charge < -0.3 is 4.74 Å². The Balaban J connectivity index is 3.34. The molecule has 1 N–H and O–H groups in total. The number of halogens is 7. The van der Waals surface area contributed by atoms with Gasteiger partial charge in [-0.25, -0.2) is 8.42 Å². The van der Waals surface area contributed by atoms with E-state index < -0.39 is 44.5 Å². The van der Waals surface area contributed by atoms with Gasteiger partial charge in [0.25, 0.3) is 10.0 Å². The van der Waals surface area contributed by atoms with Crippen LogP contribution in [0.3, 0.4) is 0 Å². The number of methoxy groups -OCH3 is 1. The highest BCUT2D eigenvalue weighted by molar-refractivity contribution is 7.91. The third-order valence-corrected chi connectivity index (χ3v) is 5.75. The van der Waals surface area contributed by atoms with Gasteiger partial charge in [0, 0.05) is 0 Å². The van der Waals surface area contributed by atoms with Gasteiger partial charge in [-0.2, -0.15) is 31.1 Å². The van der Waals surface area contributed by atoms with Crippen LogP contribution in [0.2, 0.25) is 4.34 Å². The Hall–Kier alpha value is -1.05. The summed E-state index contributed by atoms with van der Waals surface area (Å²) >= 11 is 5.86. The quantitative estimate of drug-likeness (QED) is 0.588. The molecule has 1 atom stereocenters. The molecule has 0 bridgehead atoms. The van der Waals surface area contributed by atoms with Gasteiger partial charge in [0.2, 0.25) is 0 Å². The highest BCUT2D eigenvalue weighted by atomic mass is 35.5. The summed E-state index contributed by atoms with van der Waals surface area (Å²) in [7, 11) is -4.35. The second-order valence-electron chi connectivity index (χ2n) is 4.24. The van der Waals surface area contributed by atoms with E-state index in [1.54, 1.807) is 0 Å². The largest absolute Gasteiger partial charge is 0.468 e. The van der Waals surface area contributed by atoms with E-state index in [1.807, 2.05) is 0 Å². The van der Waals surface area contributed by atoms with Crippen LogP contribution >= 0.6 is 22.9 Å². The molecular weight excluding hydrogens is 412 g/mol. The van der Waals surface area contributed by atoms with Crippen LogP contribution in [0, 0.1) is 5.92 Å². The number of alkyl halides is 6. The highest BCUT2D eigenvalue weighted by Gasteiger charge is 2.63. The van der Waals surface area contributed by atoms with E-state index in [-0.39, 0.29) is 4.34 Å². The topological polar surface area (TPSA) is 72.5 Å². The van der Waals surface area contributed by atoms with Crippen LogP contribution in [0.5, 0.6) is 0 Å². The first kappa shape index (κ1) is 21.0. The standard InChI is InChI=1S/C10H8ClF6NO4S2/c1-22-8(19)6(7(9(12,13)14)10(15,16)17)18-24(20,21)5-3-2-4(11)23-5/h2-3,6-7,18H,1H3. The third-order valence-electron chi connectivity index (χ3n) is 2.59. The van der Waals surface area contributed by atoms with Gasteiger partial charge in [0.15, 0.2) is 5.92 Å². The molecule has 1 unspecified atom stereocenters. The van der Waals surface area contributed by atoms with Crippen LogP contribution in [0.15, 0.2) is 16.3 Å². The molecule has 0 saturated carbocycles. The average molecular weight is 420 g/mol. The molecule has 0 aromatic carbocycles. The Morgan fingerprint density at radius 2 is 1.71 bits per heavy atom. The molecule has 14 heteroatoms. The number of hydrogen-bond acceptors (Lipinski definition) is 5. The van der Waals surface area contributed by atoms with Gasteiger partial charge in [-0.3, -0.25) is 4.79 Å². The Morgan fingerprint density at radius 3 is 2.04 bits per heavy atom. The molecule has 0 spiro atoms. The van der Waals surface area contributed by atoms with Gasteiger partial charge in [-0.15, -0.1) is 11.3 Å². The lowest BCUT2D eigenvalue weighted by Gasteiger charge is -2.29. The van der Waals surface area contributed by atoms with Crippen LogP contribution in [-0.2, 0) is 19.6 Å². The molecule has 24 heavy (non-hydrogen) atoms. The van der Waals surface area contributed by atoms with Crippen molar-refractivity contribution in [2.45, 2.75) is 22.6 Å². The van der Waals surface area contributed by atoms with E-state index in [0.717, 1.165) is 16.9 Å². The Labute approximate surface area is 140 Å². The molecular formula is C10H8ClF6NO4S2. The van der Waals surface area contributed by atoms with Crippen molar-refractivity contribution in [1.82, 2.24) is 4.72 Å². The van der Waals surface area contributed by atoms with Gasteiger partial charge in [-0.1, -0.05) is 11.6 Å². The summed E-state index contributed by atoms with van der Waals surface area (Å²) in [5.41, 5.74) is 0. The van der Waals surface area contributed by atoms with Crippen molar-refractivity contribution in [3.05, 3.63) is 16.5 Å². The number of hydrogen-bond donors (Lipinski definition) is 1. The molecule has 1 aromatic rings. The number of carbonyl (C=O) groups is 1. The fourth-order valence-electron chi connectivity index (χ4n) is 1.61. The maximum Gasteiger partial charge on any atom is 0.402 e. The number of esters is 1. The minimum absolute atomic E-state index is 0.0758. The van der Waals surface area contributed by atoms with Crippen LogP contribution in [0.1, 0.15) is 0 Å². The molecule has 5 nitrogen and oxygen atoms in total. The molecule has 0 aliphatic rings. The van der Waals surface area contributed by atoms with Crippen molar-refractivity contribution < 1.29 is 44.3 Å². The van der Waals surface area contributed by atoms with E-state index in [0.29, 0.717) is 18.4 Å². The molecule has 0 aliphatic carbocycles. The van der Waals surface area contributed by atoms with Crippen LogP contribution in [0.4, 0.5) is 26.3 Å². The van der Waals surface area contributed by atoms with Crippen molar-refractivity contribution in [2.24, 2.45) is 5.92 Å². The summed E-state index contributed by atoms with van der Waals surface area (Å²) in [5, 5.41) is 0. The van der Waals surface area contributed by atoms with Crippen LogP contribution in [-0.4, -0.2) is 39.9 Å². The summed E-state index contributed by atoms with van der Waals surface area (Å²) in [6.07, 6.45) is -11.9. The SMILES string of the molecule is COC(=O)C(NS(=O)(=O)c1ccc(Cl)s1)C(C(F)(F)F)C(F)(F)F. The first-order valence-corrected chi connectivity index (χ1v) is 8.37. The molecule has 0 amide bonds. The van der Waals surface area contributed by atoms with Gasteiger partial charge in [0.05, 0.1) is 11.4 Å². The number of carbonyl (C=O) groups excluding carboxylic acids is 1. The summed E-state index contributed by atoms with van der Waals surface area (Å²) in [6.45, 7) is 0. The first-order valence-electron chi connectivity index (χ1n) is 5.69. The van der Waals surface area contributed by atoms with Gasteiger partial charge in [0.1, 0.15) is 10.3 Å². The minimum Gasteiger partial charge on any atom is -0.468 e. The molecule has 0 saturated heterocycles. The van der Waals surface area contributed by atoms with E-state index in [9.17, 15) is 39.6 Å². The molecule has 1 aromatic heterocycles. The zero-order valence-electron chi connectivity index (χ0n) is 11.4. The average Bonchev–Trinajstić information content (AvgIpc) is 2.81. The fraction of sp³-hybridized carbons (Fsp3) is 0.500. The molecule has 1 rings (SSSR count). The molecule has 0 radical (unpaired) electrons. The highest BCUT2D eigenvalue weighted by Crippen LogP contribution is 2.42. The number of sulfonamides is 1. The van der Waals surface area contributed by atoms with E-state index in [4.69, 9.17) is 11.6 Å². The smallest absolute Gasteiger partial charge is 0.402 e. The Bertz CT molecular complexity index is 685. The molecule has 138 valence electrons. The molecule has 0 aliphatic heterocycles. The molecule has 0 fully saturated rings. The summed E-state index contributed by atoms with van der Waals surface area (Å²) in [6, 6.07) is -1.32. The van der Waals surface area contributed by atoms with E-state index in [1.165, 1.54) is 0 Å². The second-order valence-corrected chi connectivity index (χ2v) is 7.90. The van der Waals surface area contributed by atoms with Crippen molar-refractivity contribution in [1.29, 1.82) is 0 Å². The molecule has 1 heterocycles. The Morgan fingerprint density at radius 1 is 1.21 bits per heavy atom. The monoisotopic (exact) mass is 419 g/mol. The summed E-state index contributed by atoms with van der Waals surface area (Å²) in [5.74, 6) is -6.33. The minimum atomic E-state index is -5.95. The predicted molar refractivity (Wildman–Crippen MR) is 71.1 cm³/mol. The van der Waals surface area contributed by atoms with E-state index in [2.05, 4.69) is 4.74 Å². The lowest BCUT2D eigenvalue weighted by atomic mass is 9.99. The third kappa shape index (κ3) is 4.97. The number of nitrogens with one attached hydrogen (secondary N) is 1. The van der Waals surface area contributed by atoms with Gasteiger partial charge >= 0.3 is 18.3 Å². The maximum atomic E-state index is 12.8. The van der Waals surface area contributed by atoms with Gasteiger partial charge in [-0.05, 0) is 12.1 Å². The second kappa shape index (κ2) is 7.06. The maximum absolute atomic E-state index is 12.8. The van der Waals surface area contributed by atoms with Crippen molar-refractivity contribution >= 4 is 38.9 Å². The van der Waals surface area contributed by atoms with Crippen molar-refractivity contribution in [3.63, 3.8) is 0 Å². The van der Waals surface area contributed by atoms with E-state index >= 15 is 0 Å². The van der Waals surface area contributed by atoms with Crippen molar-refractivity contribution in [2.75, 3.05) is 7.11 Å². The van der Waals surface area contributed by atoms with Crippen LogP contribution in [0.25, 0.3) is 0 Å². The lowest BCUT2D eigenvalue weighted by Crippen LogP contribution is -2.56. The number of rotatable bonds is 5. The zero-order chi connectivity index (χ0) is 18.9. The predicted octanol–water partition coefficient (Wildman–Crippen LogP) is 2.96.